The molecule has 1 aliphatic carbocycles. The van der Waals surface area contributed by atoms with Gasteiger partial charge in [-0.15, -0.1) is 0 Å². The van der Waals surface area contributed by atoms with Crippen molar-refractivity contribution in [2.45, 2.75) is 64.5 Å². The first-order valence-electron chi connectivity index (χ1n) is 8.76. The molecule has 2 aliphatic rings. The Morgan fingerprint density at radius 2 is 1.95 bits per heavy atom. The van der Waals surface area contributed by atoms with Gasteiger partial charge in [-0.2, -0.15) is 0 Å². The van der Waals surface area contributed by atoms with Gasteiger partial charge in [-0.3, -0.25) is 9.69 Å². The van der Waals surface area contributed by atoms with Crippen molar-refractivity contribution in [1.82, 2.24) is 15.1 Å². The third-order valence-electron chi connectivity index (χ3n) is 5.00. The van der Waals surface area contributed by atoms with Gasteiger partial charge in [0.25, 0.3) is 0 Å². The number of carbonyl (C=O) groups is 1. The molecule has 21 heavy (non-hydrogen) atoms. The van der Waals surface area contributed by atoms with Crippen LogP contribution in [0.5, 0.6) is 0 Å². The summed E-state index contributed by atoms with van der Waals surface area (Å²) in [6.45, 7) is 8.53. The molecule has 1 saturated heterocycles. The van der Waals surface area contributed by atoms with Gasteiger partial charge in [0, 0.05) is 25.2 Å². The van der Waals surface area contributed by atoms with Gasteiger partial charge >= 0.3 is 0 Å². The van der Waals surface area contributed by atoms with Crippen molar-refractivity contribution in [2.75, 3.05) is 33.2 Å². The second-order valence-corrected chi connectivity index (χ2v) is 7.34. The summed E-state index contributed by atoms with van der Waals surface area (Å²) in [5, 5.41) is 3.21. The van der Waals surface area contributed by atoms with E-state index in [-0.39, 0.29) is 5.91 Å². The average molecular weight is 295 g/mol. The Morgan fingerprint density at radius 1 is 1.24 bits per heavy atom. The molecule has 0 unspecified atom stereocenters. The van der Waals surface area contributed by atoms with Gasteiger partial charge in [0.2, 0.25) is 5.91 Å². The van der Waals surface area contributed by atoms with Gasteiger partial charge in [0.05, 0.1) is 6.54 Å². The summed E-state index contributed by atoms with van der Waals surface area (Å²) in [6, 6.07) is 1.08. The van der Waals surface area contributed by atoms with Gasteiger partial charge in [0.15, 0.2) is 0 Å². The second-order valence-electron chi connectivity index (χ2n) is 7.34. The Hall–Kier alpha value is -0.610. The van der Waals surface area contributed by atoms with Gasteiger partial charge < -0.3 is 10.2 Å². The lowest BCUT2D eigenvalue weighted by atomic mass is 9.95. The maximum absolute atomic E-state index is 12.1. The zero-order valence-corrected chi connectivity index (χ0v) is 14.1. The van der Waals surface area contributed by atoms with E-state index in [1.54, 1.807) is 0 Å². The van der Waals surface area contributed by atoms with Crippen molar-refractivity contribution >= 4 is 5.91 Å². The predicted octanol–water partition coefficient (Wildman–Crippen LogP) is 2.10. The Labute approximate surface area is 130 Å². The van der Waals surface area contributed by atoms with E-state index in [0.717, 1.165) is 12.5 Å². The fourth-order valence-electron chi connectivity index (χ4n) is 3.75. The minimum absolute atomic E-state index is 0.211. The number of carbonyl (C=O) groups excluding carboxylic acids is 1. The number of rotatable bonds is 6. The highest BCUT2D eigenvalue weighted by Crippen LogP contribution is 2.19. The van der Waals surface area contributed by atoms with Gasteiger partial charge in [-0.1, -0.05) is 19.3 Å². The van der Waals surface area contributed by atoms with Crippen LogP contribution in [0.3, 0.4) is 0 Å². The molecule has 0 bridgehead atoms. The van der Waals surface area contributed by atoms with Crippen LogP contribution < -0.4 is 5.32 Å². The van der Waals surface area contributed by atoms with Crippen LogP contribution in [-0.4, -0.2) is 61.0 Å². The van der Waals surface area contributed by atoms with E-state index in [1.807, 2.05) is 0 Å². The Bertz CT molecular complexity index is 326. The van der Waals surface area contributed by atoms with Crippen LogP contribution in [0.4, 0.5) is 0 Å². The highest BCUT2D eigenvalue weighted by molar-refractivity contribution is 5.78. The number of amides is 1. The van der Waals surface area contributed by atoms with Crippen molar-refractivity contribution in [3.05, 3.63) is 0 Å². The molecule has 4 nitrogen and oxygen atoms in total. The molecule has 0 spiro atoms. The standard InChI is InChI=1S/C17H33N3O/c1-14(2)20-10-9-15(12-20)11-19(3)13-17(21)18-16-7-5-4-6-8-16/h14-16H,4-13H2,1-3H3,(H,18,21)/t15-/m1/s1. The highest BCUT2D eigenvalue weighted by atomic mass is 16.2. The first-order chi connectivity index (χ1) is 10.0. The van der Waals surface area contributed by atoms with Crippen LogP contribution in [0.2, 0.25) is 0 Å². The van der Waals surface area contributed by atoms with E-state index >= 15 is 0 Å². The third-order valence-corrected chi connectivity index (χ3v) is 5.00. The molecule has 1 N–H and O–H groups in total. The fourth-order valence-corrected chi connectivity index (χ4v) is 3.75. The van der Waals surface area contributed by atoms with E-state index in [4.69, 9.17) is 0 Å². The molecule has 4 heteroatoms. The van der Waals surface area contributed by atoms with Gasteiger partial charge in [-0.25, -0.2) is 0 Å². The van der Waals surface area contributed by atoms with E-state index in [9.17, 15) is 4.79 Å². The molecule has 2 rings (SSSR count). The summed E-state index contributed by atoms with van der Waals surface area (Å²) < 4.78 is 0. The van der Waals surface area contributed by atoms with Gasteiger partial charge in [-0.05, 0) is 52.6 Å². The minimum atomic E-state index is 0.211. The summed E-state index contributed by atoms with van der Waals surface area (Å²) in [7, 11) is 2.08. The number of nitrogens with one attached hydrogen (secondary N) is 1. The topological polar surface area (TPSA) is 35.6 Å². The number of likely N-dealkylation sites (tertiary alicyclic amines) is 1. The Balaban J connectivity index is 1.64. The summed E-state index contributed by atoms with van der Waals surface area (Å²) in [4.78, 5) is 16.8. The van der Waals surface area contributed by atoms with Crippen molar-refractivity contribution < 1.29 is 4.79 Å². The molecular weight excluding hydrogens is 262 g/mol. The monoisotopic (exact) mass is 295 g/mol. The van der Waals surface area contributed by atoms with Crippen LogP contribution >= 0.6 is 0 Å². The van der Waals surface area contributed by atoms with Gasteiger partial charge in [0.1, 0.15) is 0 Å². The van der Waals surface area contributed by atoms with Crippen LogP contribution in [0.1, 0.15) is 52.4 Å². The lowest BCUT2D eigenvalue weighted by Gasteiger charge is -2.25. The Kier molecular flexibility index (Phi) is 6.49. The molecule has 122 valence electrons. The molecule has 1 aliphatic heterocycles. The first-order valence-corrected chi connectivity index (χ1v) is 8.76. The summed E-state index contributed by atoms with van der Waals surface area (Å²) >= 11 is 0. The largest absolute Gasteiger partial charge is 0.352 e. The van der Waals surface area contributed by atoms with E-state index in [1.165, 1.54) is 51.6 Å². The smallest absolute Gasteiger partial charge is 0.234 e. The fraction of sp³-hybridized carbons (Fsp3) is 0.941. The van der Waals surface area contributed by atoms with Crippen molar-refractivity contribution in [1.29, 1.82) is 0 Å². The molecular formula is C17H33N3O. The average Bonchev–Trinajstić information content (AvgIpc) is 2.88. The lowest BCUT2D eigenvalue weighted by Crippen LogP contribution is -2.43. The molecule has 0 aromatic heterocycles. The highest BCUT2D eigenvalue weighted by Gasteiger charge is 2.25. The second kappa shape index (κ2) is 8.14. The molecule has 1 amide bonds. The molecule has 1 heterocycles. The third kappa shape index (κ3) is 5.59. The van der Waals surface area contributed by atoms with E-state index < -0.39 is 0 Å². The molecule has 0 radical (unpaired) electrons. The van der Waals surface area contributed by atoms with Crippen molar-refractivity contribution in [2.24, 2.45) is 5.92 Å². The van der Waals surface area contributed by atoms with Crippen LogP contribution in [0.15, 0.2) is 0 Å². The summed E-state index contributed by atoms with van der Waals surface area (Å²) in [6.07, 6.45) is 7.48. The molecule has 2 fully saturated rings. The lowest BCUT2D eigenvalue weighted by molar-refractivity contribution is -0.123. The van der Waals surface area contributed by atoms with Crippen LogP contribution in [0.25, 0.3) is 0 Å². The number of likely N-dealkylation sites (N-methyl/N-ethyl adjacent to an activating group) is 1. The normalized spacial score (nSPS) is 24.9. The van der Waals surface area contributed by atoms with Crippen LogP contribution in [0, 0.1) is 5.92 Å². The Morgan fingerprint density at radius 3 is 2.57 bits per heavy atom. The first kappa shape index (κ1) is 16.8. The maximum atomic E-state index is 12.1. The summed E-state index contributed by atoms with van der Waals surface area (Å²) in [5.74, 6) is 0.933. The molecule has 0 aromatic rings. The number of hydrogen-bond acceptors (Lipinski definition) is 3. The minimum Gasteiger partial charge on any atom is -0.352 e. The maximum Gasteiger partial charge on any atom is 0.234 e. The summed E-state index contributed by atoms with van der Waals surface area (Å²) in [5.41, 5.74) is 0. The van der Waals surface area contributed by atoms with Crippen molar-refractivity contribution in [3.8, 4) is 0 Å². The molecule has 1 saturated carbocycles. The SMILES string of the molecule is CC(C)N1CC[C@H](CN(C)CC(=O)NC2CCCCC2)C1. The number of nitrogens with zero attached hydrogens (tertiary/aromatic N) is 2. The number of hydrogen-bond donors (Lipinski definition) is 1. The van der Waals surface area contributed by atoms with E-state index in [0.29, 0.717) is 18.6 Å². The quantitative estimate of drug-likeness (QED) is 0.815. The van der Waals surface area contributed by atoms with Crippen molar-refractivity contribution in [3.63, 3.8) is 0 Å². The zero-order chi connectivity index (χ0) is 15.2. The molecule has 1 atom stereocenters. The molecule has 0 aromatic carbocycles. The van der Waals surface area contributed by atoms with Crippen LogP contribution in [-0.2, 0) is 4.79 Å². The zero-order valence-electron chi connectivity index (χ0n) is 14.1. The predicted molar refractivity (Wildman–Crippen MR) is 87.3 cm³/mol. The van der Waals surface area contributed by atoms with E-state index in [2.05, 4.69) is 36.0 Å².